The Bertz CT molecular complexity index is 827. The smallest absolute Gasteiger partial charge is 0.242 e. The molecule has 5 rings (SSSR count). The number of carbonyl (C=O) groups excluding carboxylic acids is 2. The topological polar surface area (TPSA) is 47.1 Å². The first-order valence-electron chi connectivity index (χ1n) is 12.8. The largest absolute Gasteiger partial charge is 0.368 e. The number of nitrogens with zero attached hydrogens (tertiary/aromatic N) is 4. The van der Waals surface area contributed by atoms with Crippen molar-refractivity contribution in [3.05, 3.63) is 29.3 Å². The fraction of sp³-hybridized carbons (Fsp3) is 0.692. The van der Waals surface area contributed by atoms with E-state index >= 15 is 0 Å². The summed E-state index contributed by atoms with van der Waals surface area (Å²) in [6, 6.07) is 7.86. The highest BCUT2D eigenvalue weighted by Crippen LogP contribution is 2.28. The van der Waals surface area contributed by atoms with E-state index in [0.717, 1.165) is 58.0 Å². The molecule has 0 bridgehead atoms. The summed E-state index contributed by atoms with van der Waals surface area (Å²) in [4.78, 5) is 33.6. The molecule has 6 heteroatoms. The number of amides is 2. The van der Waals surface area contributed by atoms with E-state index in [1.807, 2.05) is 4.90 Å². The number of fused-ring (bicyclic) bond motifs is 1. The minimum absolute atomic E-state index is 0.105. The number of piperazine rings is 1. The molecule has 3 heterocycles. The fourth-order valence-corrected chi connectivity index (χ4v) is 6.07. The molecule has 32 heavy (non-hydrogen) atoms. The first kappa shape index (κ1) is 21.7. The summed E-state index contributed by atoms with van der Waals surface area (Å²) in [6.07, 6.45) is 10.5. The molecule has 4 aliphatic rings. The Kier molecular flexibility index (Phi) is 6.67. The number of hydrogen-bond donors (Lipinski definition) is 0. The highest BCUT2D eigenvalue weighted by atomic mass is 16.2. The average molecular weight is 439 g/mol. The third-order valence-electron chi connectivity index (χ3n) is 8.11. The molecule has 1 saturated carbocycles. The van der Waals surface area contributed by atoms with Crippen LogP contribution in [0.5, 0.6) is 0 Å². The Morgan fingerprint density at radius 2 is 1.56 bits per heavy atom. The summed E-state index contributed by atoms with van der Waals surface area (Å²) in [5.74, 6) is 0.244. The average Bonchev–Trinajstić information content (AvgIpc) is 3.28. The predicted molar refractivity (Wildman–Crippen MR) is 127 cm³/mol. The van der Waals surface area contributed by atoms with Crippen LogP contribution in [0.3, 0.4) is 0 Å². The molecular formula is C26H38N4O2. The molecule has 0 atom stereocenters. The highest BCUT2D eigenvalue weighted by Gasteiger charge is 2.27. The molecule has 3 aliphatic heterocycles. The molecule has 1 aliphatic carbocycles. The number of benzene rings is 1. The van der Waals surface area contributed by atoms with Gasteiger partial charge in [0.15, 0.2) is 0 Å². The first-order chi connectivity index (χ1) is 15.7. The van der Waals surface area contributed by atoms with Gasteiger partial charge in [0, 0.05) is 64.0 Å². The van der Waals surface area contributed by atoms with Gasteiger partial charge >= 0.3 is 0 Å². The van der Waals surface area contributed by atoms with E-state index in [1.165, 1.54) is 62.0 Å². The second kappa shape index (κ2) is 9.82. The maximum Gasteiger partial charge on any atom is 0.242 e. The molecule has 1 aromatic carbocycles. The van der Waals surface area contributed by atoms with Gasteiger partial charge in [0.1, 0.15) is 0 Å². The van der Waals surface area contributed by atoms with Gasteiger partial charge in [-0.2, -0.15) is 0 Å². The molecule has 0 aromatic heterocycles. The van der Waals surface area contributed by atoms with Gasteiger partial charge in [-0.05, 0) is 61.8 Å². The van der Waals surface area contributed by atoms with E-state index in [9.17, 15) is 9.59 Å². The van der Waals surface area contributed by atoms with Crippen molar-refractivity contribution in [2.75, 3.05) is 57.3 Å². The van der Waals surface area contributed by atoms with Gasteiger partial charge < -0.3 is 14.7 Å². The molecule has 6 nitrogen and oxygen atoms in total. The zero-order valence-corrected chi connectivity index (χ0v) is 19.4. The van der Waals surface area contributed by atoms with E-state index in [0.29, 0.717) is 6.42 Å². The lowest BCUT2D eigenvalue weighted by atomic mass is 10.0. The molecule has 174 valence electrons. The van der Waals surface area contributed by atoms with Crippen molar-refractivity contribution < 1.29 is 9.59 Å². The van der Waals surface area contributed by atoms with Crippen molar-refractivity contribution in [2.24, 2.45) is 0 Å². The summed E-state index contributed by atoms with van der Waals surface area (Å²) >= 11 is 0. The van der Waals surface area contributed by atoms with Gasteiger partial charge in [0.25, 0.3) is 0 Å². The predicted octanol–water partition coefficient (Wildman–Crippen LogP) is 2.69. The van der Waals surface area contributed by atoms with Gasteiger partial charge in [-0.15, -0.1) is 0 Å². The summed E-state index contributed by atoms with van der Waals surface area (Å²) in [6.45, 7) is 6.61. The molecular weight excluding hydrogens is 400 g/mol. The van der Waals surface area contributed by atoms with Gasteiger partial charge in [-0.1, -0.05) is 18.9 Å². The standard InChI is InChI=1S/C26H38N4O2/c31-25-7-3-4-12-30(25)20-26(32)29-17-15-28(16-18-29)24-9-8-21-10-13-27(14-11-22(21)19-24)23-5-1-2-6-23/h8-9,19,23H,1-7,10-18,20H2. The van der Waals surface area contributed by atoms with Crippen molar-refractivity contribution in [2.45, 2.75) is 63.8 Å². The van der Waals surface area contributed by atoms with Gasteiger partial charge in [-0.25, -0.2) is 0 Å². The van der Waals surface area contributed by atoms with Crippen molar-refractivity contribution in [1.29, 1.82) is 0 Å². The van der Waals surface area contributed by atoms with E-state index in [2.05, 4.69) is 28.0 Å². The van der Waals surface area contributed by atoms with Crippen LogP contribution in [0.1, 0.15) is 56.1 Å². The van der Waals surface area contributed by atoms with E-state index < -0.39 is 0 Å². The second-order valence-corrected chi connectivity index (χ2v) is 10.1. The monoisotopic (exact) mass is 438 g/mol. The van der Waals surface area contributed by atoms with Crippen LogP contribution in [0.15, 0.2) is 18.2 Å². The summed E-state index contributed by atoms with van der Waals surface area (Å²) in [7, 11) is 0. The summed E-state index contributed by atoms with van der Waals surface area (Å²) in [5.41, 5.74) is 4.34. The Hall–Kier alpha value is -2.08. The van der Waals surface area contributed by atoms with Crippen molar-refractivity contribution in [3.8, 4) is 0 Å². The van der Waals surface area contributed by atoms with Crippen LogP contribution in [0.2, 0.25) is 0 Å². The van der Waals surface area contributed by atoms with Crippen LogP contribution in [0, 0.1) is 0 Å². The number of hydrogen-bond acceptors (Lipinski definition) is 4. The number of anilines is 1. The van der Waals surface area contributed by atoms with Crippen molar-refractivity contribution >= 4 is 17.5 Å². The number of likely N-dealkylation sites (tertiary alicyclic amines) is 1. The number of piperidine rings is 1. The van der Waals surface area contributed by atoms with Crippen molar-refractivity contribution in [3.63, 3.8) is 0 Å². The summed E-state index contributed by atoms with van der Waals surface area (Å²) < 4.78 is 0. The maximum absolute atomic E-state index is 12.7. The minimum atomic E-state index is 0.105. The fourth-order valence-electron chi connectivity index (χ4n) is 6.07. The Morgan fingerprint density at radius 1 is 0.812 bits per heavy atom. The normalized spacial score (nSPS) is 23.4. The van der Waals surface area contributed by atoms with Crippen LogP contribution in [0.4, 0.5) is 5.69 Å². The van der Waals surface area contributed by atoms with Crippen LogP contribution < -0.4 is 4.90 Å². The zero-order valence-electron chi connectivity index (χ0n) is 19.4. The third-order valence-corrected chi connectivity index (χ3v) is 8.11. The molecule has 0 spiro atoms. The summed E-state index contributed by atoms with van der Waals surface area (Å²) in [5, 5.41) is 0. The van der Waals surface area contributed by atoms with Crippen LogP contribution in [0.25, 0.3) is 0 Å². The number of rotatable bonds is 4. The Morgan fingerprint density at radius 3 is 2.31 bits per heavy atom. The quantitative estimate of drug-likeness (QED) is 0.725. The minimum Gasteiger partial charge on any atom is -0.368 e. The lowest BCUT2D eigenvalue weighted by Gasteiger charge is -2.37. The first-order valence-corrected chi connectivity index (χ1v) is 12.8. The zero-order chi connectivity index (χ0) is 21.9. The van der Waals surface area contributed by atoms with E-state index in [-0.39, 0.29) is 18.4 Å². The molecule has 3 fully saturated rings. The number of carbonyl (C=O) groups is 2. The lowest BCUT2D eigenvalue weighted by molar-refractivity contribution is -0.142. The second-order valence-electron chi connectivity index (χ2n) is 10.1. The maximum atomic E-state index is 12.7. The molecule has 0 unspecified atom stereocenters. The highest BCUT2D eigenvalue weighted by molar-refractivity contribution is 5.85. The molecule has 2 saturated heterocycles. The Balaban J connectivity index is 1.15. The van der Waals surface area contributed by atoms with Gasteiger partial charge in [-0.3, -0.25) is 14.5 Å². The molecule has 0 N–H and O–H groups in total. The Labute approximate surface area is 192 Å². The van der Waals surface area contributed by atoms with Crippen molar-refractivity contribution in [1.82, 2.24) is 14.7 Å². The third kappa shape index (κ3) is 4.80. The van der Waals surface area contributed by atoms with Crippen LogP contribution in [-0.4, -0.2) is 84.9 Å². The van der Waals surface area contributed by atoms with Crippen LogP contribution >= 0.6 is 0 Å². The van der Waals surface area contributed by atoms with Gasteiger partial charge in [0.05, 0.1) is 6.54 Å². The molecule has 1 aromatic rings. The molecule has 2 amide bonds. The van der Waals surface area contributed by atoms with E-state index in [4.69, 9.17) is 0 Å². The van der Waals surface area contributed by atoms with Crippen LogP contribution in [-0.2, 0) is 22.4 Å². The SMILES string of the molecule is O=C(CN1CCCCC1=O)N1CCN(c2ccc3c(c2)CCN(C2CCCC2)CC3)CC1. The lowest BCUT2D eigenvalue weighted by Crippen LogP contribution is -2.52. The molecule has 0 radical (unpaired) electrons. The van der Waals surface area contributed by atoms with E-state index in [1.54, 1.807) is 4.90 Å². The van der Waals surface area contributed by atoms with Gasteiger partial charge in [0.2, 0.25) is 11.8 Å².